The Kier molecular flexibility index (Phi) is 9.32. The minimum Gasteiger partial charge on any atom is -0.490 e. The summed E-state index contributed by atoms with van der Waals surface area (Å²) in [6.45, 7) is 12.4. The molecule has 1 amide bonds. The predicted octanol–water partition coefficient (Wildman–Crippen LogP) is 4.88. The first kappa shape index (κ1) is 23.4. The second kappa shape index (κ2) is 12.0. The highest BCUT2D eigenvalue weighted by Gasteiger charge is 2.18. The molecule has 0 saturated heterocycles. The van der Waals surface area contributed by atoms with E-state index < -0.39 is 0 Å². The fourth-order valence-corrected chi connectivity index (χ4v) is 3.19. The van der Waals surface area contributed by atoms with Gasteiger partial charge in [0.1, 0.15) is 0 Å². The van der Waals surface area contributed by atoms with Crippen LogP contribution in [0.4, 0.5) is 5.69 Å². The number of carbonyl (C=O) groups excluding carboxylic acids is 1. The molecule has 2 aromatic carbocycles. The number of amides is 1. The first-order valence-corrected chi connectivity index (χ1v) is 10.7. The molecule has 0 spiro atoms. The van der Waals surface area contributed by atoms with E-state index >= 15 is 0 Å². The fraction of sp³-hybridized carbons (Fsp3) is 0.458. The molecule has 0 aliphatic heterocycles. The third-order valence-corrected chi connectivity index (χ3v) is 4.42. The molecule has 0 atom stereocenters. The van der Waals surface area contributed by atoms with E-state index in [0.717, 1.165) is 11.3 Å². The molecule has 0 aliphatic rings. The van der Waals surface area contributed by atoms with Crippen molar-refractivity contribution in [2.75, 3.05) is 37.9 Å². The van der Waals surface area contributed by atoms with Gasteiger partial charge in [-0.15, -0.1) is 0 Å². The maximum Gasteiger partial charge on any atom is 0.231 e. The molecule has 0 saturated carbocycles. The first-order chi connectivity index (χ1) is 14.6. The Hall–Kier alpha value is -2.89. The third-order valence-electron chi connectivity index (χ3n) is 4.42. The van der Waals surface area contributed by atoms with Crippen molar-refractivity contribution in [2.45, 2.75) is 41.0 Å². The lowest BCUT2D eigenvalue weighted by atomic mass is 10.1. The molecule has 164 valence electrons. The summed E-state index contributed by atoms with van der Waals surface area (Å²) >= 11 is 0. The summed E-state index contributed by atoms with van der Waals surface area (Å²) in [5, 5.41) is 0. The fourth-order valence-electron chi connectivity index (χ4n) is 3.19. The molecule has 2 aromatic rings. The van der Waals surface area contributed by atoms with Gasteiger partial charge in [0, 0.05) is 18.3 Å². The van der Waals surface area contributed by atoms with E-state index in [0.29, 0.717) is 56.0 Å². The van der Waals surface area contributed by atoms with E-state index in [2.05, 4.69) is 0 Å². The highest BCUT2D eigenvalue weighted by Crippen LogP contribution is 2.33. The van der Waals surface area contributed by atoms with Crippen molar-refractivity contribution >= 4 is 11.6 Å². The van der Waals surface area contributed by atoms with Crippen LogP contribution in [0.25, 0.3) is 0 Å². The lowest BCUT2D eigenvalue weighted by Crippen LogP contribution is -2.32. The van der Waals surface area contributed by atoms with Crippen LogP contribution in [0, 0.1) is 0 Å². The summed E-state index contributed by atoms with van der Waals surface area (Å²) in [4.78, 5) is 14.8. The van der Waals surface area contributed by atoms with Gasteiger partial charge in [0.2, 0.25) is 5.91 Å². The normalized spacial score (nSPS) is 10.4. The molecule has 6 heteroatoms. The van der Waals surface area contributed by atoms with Gasteiger partial charge in [-0.3, -0.25) is 4.79 Å². The van der Waals surface area contributed by atoms with Gasteiger partial charge in [-0.25, -0.2) is 0 Å². The minimum atomic E-state index is -0.00397. The number of hydrogen-bond acceptors (Lipinski definition) is 5. The summed E-state index contributed by atoms with van der Waals surface area (Å²) in [6.07, 6.45) is 0.261. The molecule has 30 heavy (non-hydrogen) atoms. The average Bonchev–Trinajstić information content (AvgIpc) is 2.73. The molecule has 0 fully saturated rings. The SMILES string of the molecule is CCOc1ccc(CC(=O)N(CC)c2ccc(OCC)c(OCC)c2)cc1OCC. The van der Waals surface area contributed by atoms with Crippen molar-refractivity contribution in [1.82, 2.24) is 0 Å². The third kappa shape index (κ3) is 6.05. The molecule has 0 aliphatic carbocycles. The van der Waals surface area contributed by atoms with E-state index in [-0.39, 0.29) is 12.3 Å². The summed E-state index contributed by atoms with van der Waals surface area (Å²) in [6, 6.07) is 11.2. The summed E-state index contributed by atoms with van der Waals surface area (Å²) < 4.78 is 22.6. The molecule has 0 unspecified atom stereocenters. The molecule has 0 bridgehead atoms. The van der Waals surface area contributed by atoms with Gasteiger partial charge < -0.3 is 23.8 Å². The Morgan fingerprint density at radius 2 is 1.20 bits per heavy atom. The van der Waals surface area contributed by atoms with E-state index in [1.807, 2.05) is 71.0 Å². The van der Waals surface area contributed by atoms with Crippen LogP contribution < -0.4 is 23.8 Å². The minimum absolute atomic E-state index is 0.00397. The number of anilines is 1. The molecule has 0 N–H and O–H groups in total. The zero-order chi connectivity index (χ0) is 21.9. The van der Waals surface area contributed by atoms with Crippen LogP contribution in [-0.4, -0.2) is 38.9 Å². The number of hydrogen-bond donors (Lipinski definition) is 0. The molecule has 2 rings (SSSR count). The number of rotatable bonds is 12. The van der Waals surface area contributed by atoms with Crippen LogP contribution >= 0.6 is 0 Å². The lowest BCUT2D eigenvalue weighted by Gasteiger charge is -2.23. The molecule has 0 radical (unpaired) electrons. The van der Waals surface area contributed by atoms with Crippen LogP contribution in [0.5, 0.6) is 23.0 Å². The van der Waals surface area contributed by atoms with E-state index in [1.54, 1.807) is 4.90 Å². The number of likely N-dealkylation sites (N-methyl/N-ethyl adjacent to an activating group) is 1. The Morgan fingerprint density at radius 1 is 0.700 bits per heavy atom. The van der Waals surface area contributed by atoms with Crippen molar-refractivity contribution < 1.29 is 23.7 Å². The quantitative estimate of drug-likeness (QED) is 0.495. The Morgan fingerprint density at radius 3 is 1.73 bits per heavy atom. The maximum atomic E-state index is 13.1. The summed E-state index contributed by atoms with van der Waals surface area (Å²) in [7, 11) is 0. The van der Waals surface area contributed by atoms with Gasteiger partial charge in [0.15, 0.2) is 23.0 Å². The highest BCUT2D eigenvalue weighted by molar-refractivity contribution is 5.95. The maximum absolute atomic E-state index is 13.1. The van der Waals surface area contributed by atoms with Crippen molar-refractivity contribution in [3.8, 4) is 23.0 Å². The Balaban J connectivity index is 2.24. The van der Waals surface area contributed by atoms with Crippen molar-refractivity contribution in [2.24, 2.45) is 0 Å². The van der Waals surface area contributed by atoms with Gasteiger partial charge in [0.25, 0.3) is 0 Å². The molecular formula is C24H33NO5. The van der Waals surface area contributed by atoms with Crippen LogP contribution in [0.3, 0.4) is 0 Å². The largest absolute Gasteiger partial charge is 0.490 e. The van der Waals surface area contributed by atoms with Gasteiger partial charge in [-0.05, 0) is 64.4 Å². The van der Waals surface area contributed by atoms with E-state index in [9.17, 15) is 4.79 Å². The number of nitrogens with zero attached hydrogens (tertiary/aromatic N) is 1. The Bertz CT molecular complexity index is 821. The Labute approximate surface area is 179 Å². The van der Waals surface area contributed by atoms with Crippen molar-refractivity contribution in [3.05, 3.63) is 42.0 Å². The molecule has 0 aromatic heterocycles. The van der Waals surface area contributed by atoms with Gasteiger partial charge in [-0.2, -0.15) is 0 Å². The predicted molar refractivity (Wildman–Crippen MR) is 119 cm³/mol. The molecular weight excluding hydrogens is 382 g/mol. The van der Waals surface area contributed by atoms with E-state index in [1.165, 1.54) is 0 Å². The van der Waals surface area contributed by atoms with Crippen LogP contribution in [-0.2, 0) is 11.2 Å². The van der Waals surface area contributed by atoms with Gasteiger partial charge in [0.05, 0.1) is 32.8 Å². The van der Waals surface area contributed by atoms with Crippen molar-refractivity contribution in [3.63, 3.8) is 0 Å². The number of ether oxygens (including phenoxy) is 4. The second-order valence-corrected chi connectivity index (χ2v) is 6.46. The van der Waals surface area contributed by atoms with Gasteiger partial charge >= 0.3 is 0 Å². The number of benzene rings is 2. The van der Waals surface area contributed by atoms with Crippen molar-refractivity contribution in [1.29, 1.82) is 0 Å². The molecule has 0 heterocycles. The first-order valence-electron chi connectivity index (χ1n) is 10.7. The van der Waals surface area contributed by atoms with Gasteiger partial charge in [-0.1, -0.05) is 6.07 Å². The second-order valence-electron chi connectivity index (χ2n) is 6.46. The lowest BCUT2D eigenvalue weighted by molar-refractivity contribution is -0.117. The summed E-state index contributed by atoms with van der Waals surface area (Å²) in [5.74, 6) is 2.67. The molecule has 6 nitrogen and oxygen atoms in total. The highest BCUT2D eigenvalue weighted by atomic mass is 16.5. The van der Waals surface area contributed by atoms with E-state index in [4.69, 9.17) is 18.9 Å². The number of carbonyl (C=O) groups is 1. The monoisotopic (exact) mass is 415 g/mol. The standard InChI is InChI=1S/C24H33NO5/c1-6-25(19-12-14-21(28-8-3)23(17-19)30-10-5)24(26)16-18-11-13-20(27-7-2)22(15-18)29-9-4/h11-15,17H,6-10,16H2,1-5H3. The zero-order valence-electron chi connectivity index (χ0n) is 18.7. The topological polar surface area (TPSA) is 57.2 Å². The zero-order valence-corrected chi connectivity index (χ0v) is 18.7. The summed E-state index contributed by atoms with van der Waals surface area (Å²) in [5.41, 5.74) is 1.66. The van der Waals surface area contributed by atoms with Crippen LogP contribution in [0.15, 0.2) is 36.4 Å². The smallest absolute Gasteiger partial charge is 0.231 e. The van der Waals surface area contributed by atoms with Crippen LogP contribution in [0.1, 0.15) is 40.2 Å². The average molecular weight is 416 g/mol. The van der Waals surface area contributed by atoms with Crippen LogP contribution in [0.2, 0.25) is 0 Å².